The molecular formula is C15H22N2O4S. The van der Waals surface area contributed by atoms with Gasteiger partial charge in [0.05, 0.1) is 4.90 Å². The highest BCUT2D eigenvalue weighted by Gasteiger charge is 2.34. The van der Waals surface area contributed by atoms with Crippen LogP contribution in [0, 0.1) is 6.92 Å². The fourth-order valence-corrected chi connectivity index (χ4v) is 5.00. The lowest BCUT2D eigenvalue weighted by Crippen LogP contribution is -2.42. The van der Waals surface area contributed by atoms with E-state index in [1.165, 1.54) is 0 Å². The predicted octanol–water partition coefficient (Wildman–Crippen LogP) is 1.49. The highest BCUT2D eigenvalue weighted by molar-refractivity contribution is 7.89. The van der Waals surface area contributed by atoms with Gasteiger partial charge in [0.25, 0.3) is 0 Å². The van der Waals surface area contributed by atoms with Crippen LogP contribution in [0.1, 0.15) is 25.3 Å². The van der Waals surface area contributed by atoms with E-state index in [2.05, 4.69) is 5.32 Å². The molecule has 7 heteroatoms. The molecule has 1 N–H and O–H groups in total. The zero-order chi connectivity index (χ0) is 15.7. The summed E-state index contributed by atoms with van der Waals surface area (Å²) in [5, 5.41) is 3.24. The van der Waals surface area contributed by atoms with Gasteiger partial charge in [-0.25, -0.2) is 8.42 Å². The summed E-state index contributed by atoms with van der Waals surface area (Å²) in [6, 6.07) is 3.36. The Kier molecular flexibility index (Phi) is 4.29. The monoisotopic (exact) mass is 326 g/mol. The Morgan fingerprint density at radius 2 is 2.05 bits per heavy atom. The quantitative estimate of drug-likeness (QED) is 0.888. The van der Waals surface area contributed by atoms with E-state index in [1.54, 1.807) is 23.4 Å². The first-order valence-corrected chi connectivity index (χ1v) is 9.11. The van der Waals surface area contributed by atoms with Gasteiger partial charge in [0.2, 0.25) is 16.8 Å². The second-order valence-electron chi connectivity index (χ2n) is 5.73. The SMILES string of the molecule is CCCN(C1CCNC1)S(=O)(=O)c1cc2c(cc1C)OCO2. The number of nitrogens with zero attached hydrogens (tertiary/aromatic N) is 1. The summed E-state index contributed by atoms with van der Waals surface area (Å²) < 4.78 is 38.6. The van der Waals surface area contributed by atoms with Gasteiger partial charge in [-0.1, -0.05) is 6.92 Å². The average Bonchev–Trinajstić information content (AvgIpc) is 3.14. The van der Waals surface area contributed by atoms with Crippen molar-refractivity contribution in [3.63, 3.8) is 0 Å². The molecule has 1 saturated heterocycles. The molecule has 1 atom stereocenters. The second kappa shape index (κ2) is 6.06. The van der Waals surface area contributed by atoms with Crippen LogP contribution < -0.4 is 14.8 Å². The van der Waals surface area contributed by atoms with Crippen LogP contribution in [0.15, 0.2) is 17.0 Å². The van der Waals surface area contributed by atoms with Crippen molar-refractivity contribution < 1.29 is 17.9 Å². The van der Waals surface area contributed by atoms with E-state index in [9.17, 15) is 8.42 Å². The van der Waals surface area contributed by atoms with Gasteiger partial charge in [-0.05, 0) is 37.9 Å². The summed E-state index contributed by atoms with van der Waals surface area (Å²) in [5.74, 6) is 1.12. The summed E-state index contributed by atoms with van der Waals surface area (Å²) in [6.07, 6.45) is 1.64. The molecule has 1 aromatic rings. The highest BCUT2D eigenvalue weighted by Crippen LogP contribution is 2.37. The fourth-order valence-electron chi connectivity index (χ4n) is 3.03. The molecule has 0 spiro atoms. The number of ether oxygens (including phenoxy) is 2. The number of rotatable bonds is 5. The van der Waals surface area contributed by atoms with E-state index in [4.69, 9.17) is 9.47 Å². The normalized spacial score (nSPS) is 20.8. The molecule has 1 fully saturated rings. The minimum absolute atomic E-state index is 0.0229. The van der Waals surface area contributed by atoms with Gasteiger partial charge in [-0.15, -0.1) is 0 Å². The molecule has 0 bridgehead atoms. The van der Waals surface area contributed by atoms with Crippen molar-refractivity contribution in [1.29, 1.82) is 0 Å². The largest absolute Gasteiger partial charge is 0.454 e. The number of hydrogen-bond donors (Lipinski definition) is 1. The van der Waals surface area contributed by atoms with Crippen molar-refractivity contribution in [3.05, 3.63) is 17.7 Å². The summed E-state index contributed by atoms with van der Waals surface area (Å²) in [7, 11) is -3.54. The number of sulfonamides is 1. The minimum Gasteiger partial charge on any atom is -0.454 e. The topological polar surface area (TPSA) is 67.9 Å². The Balaban J connectivity index is 2.00. The van der Waals surface area contributed by atoms with Crippen LogP contribution in [-0.4, -0.2) is 45.2 Å². The molecule has 0 saturated carbocycles. The van der Waals surface area contributed by atoms with E-state index in [-0.39, 0.29) is 12.8 Å². The van der Waals surface area contributed by atoms with Crippen LogP contribution in [0.25, 0.3) is 0 Å². The lowest BCUT2D eigenvalue weighted by molar-refractivity contribution is 0.174. The Labute approximate surface area is 131 Å². The molecule has 2 aliphatic rings. The van der Waals surface area contributed by atoms with Gasteiger partial charge in [0, 0.05) is 25.2 Å². The van der Waals surface area contributed by atoms with Crippen molar-refractivity contribution in [2.24, 2.45) is 0 Å². The third kappa shape index (κ3) is 2.68. The Bertz CT molecular complexity index is 654. The van der Waals surface area contributed by atoms with Crippen LogP contribution in [0.2, 0.25) is 0 Å². The Morgan fingerprint density at radius 1 is 1.32 bits per heavy atom. The summed E-state index contributed by atoms with van der Waals surface area (Å²) in [5.41, 5.74) is 0.691. The van der Waals surface area contributed by atoms with Crippen LogP contribution in [0.4, 0.5) is 0 Å². The smallest absolute Gasteiger partial charge is 0.243 e. The first-order valence-electron chi connectivity index (χ1n) is 7.67. The van der Waals surface area contributed by atoms with Crippen LogP contribution >= 0.6 is 0 Å². The molecule has 0 aliphatic carbocycles. The van der Waals surface area contributed by atoms with Crippen molar-refractivity contribution in [1.82, 2.24) is 9.62 Å². The highest BCUT2D eigenvalue weighted by atomic mass is 32.2. The molecule has 1 unspecified atom stereocenters. The predicted molar refractivity (Wildman–Crippen MR) is 82.8 cm³/mol. The number of fused-ring (bicyclic) bond motifs is 1. The fraction of sp³-hybridized carbons (Fsp3) is 0.600. The van der Waals surface area contributed by atoms with Gasteiger partial charge in [-0.2, -0.15) is 4.31 Å². The summed E-state index contributed by atoms with van der Waals surface area (Å²) in [6.45, 7) is 6.04. The number of benzene rings is 1. The minimum atomic E-state index is -3.54. The zero-order valence-corrected chi connectivity index (χ0v) is 13.8. The summed E-state index contributed by atoms with van der Waals surface area (Å²) >= 11 is 0. The summed E-state index contributed by atoms with van der Waals surface area (Å²) in [4.78, 5) is 0.317. The van der Waals surface area contributed by atoms with Crippen LogP contribution in [0.3, 0.4) is 0 Å². The van der Waals surface area contributed by atoms with Gasteiger partial charge in [0.1, 0.15) is 0 Å². The maximum absolute atomic E-state index is 13.1. The van der Waals surface area contributed by atoms with Crippen LogP contribution in [0.5, 0.6) is 11.5 Å². The molecular weight excluding hydrogens is 304 g/mol. The van der Waals surface area contributed by atoms with E-state index < -0.39 is 10.0 Å². The molecule has 0 aromatic heterocycles. The number of nitrogens with one attached hydrogen (secondary N) is 1. The molecule has 6 nitrogen and oxygen atoms in total. The lowest BCUT2D eigenvalue weighted by Gasteiger charge is -2.28. The molecule has 2 heterocycles. The maximum Gasteiger partial charge on any atom is 0.243 e. The van der Waals surface area contributed by atoms with Crippen LogP contribution in [-0.2, 0) is 10.0 Å². The van der Waals surface area contributed by atoms with E-state index in [1.807, 2.05) is 6.92 Å². The van der Waals surface area contributed by atoms with E-state index >= 15 is 0 Å². The van der Waals surface area contributed by atoms with Crippen molar-refractivity contribution in [2.75, 3.05) is 26.4 Å². The molecule has 2 aliphatic heterocycles. The Morgan fingerprint density at radius 3 is 2.68 bits per heavy atom. The average molecular weight is 326 g/mol. The molecule has 0 amide bonds. The first kappa shape index (κ1) is 15.6. The maximum atomic E-state index is 13.1. The van der Waals surface area contributed by atoms with Crippen molar-refractivity contribution in [3.8, 4) is 11.5 Å². The number of aryl methyl sites for hydroxylation is 1. The second-order valence-corrected chi connectivity index (χ2v) is 7.59. The molecule has 22 heavy (non-hydrogen) atoms. The number of hydrogen-bond acceptors (Lipinski definition) is 5. The third-order valence-corrected chi connectivity index (χ3v) is 6.24. The zero-order valence-electron chi connectivity index (χ0n) is 13.0. The molecule has 3 rings (SSSR count). The van der Waals surface area contributed by atoms with Gasteiger partial charge in [0.15, 0.2) is 11.5 Å². The van der Waals surface area contributed by atoms with Gasteiger partial charge < -0.3 is 14.8 Å². The molecule has 122 valence electrons. The van der Waals surface area contributed by atoms with Gasteiger partial charge >= 0.3 is 0 Å². The van der Waals surface area contributed by atoms with E-state index in [0.717, 1.165) is 19.4 Å². The first-order chi connectivity index (χ1) is 10.5. The van der Waals surface area contributed by atoms with Crippen molar-refractivity contribution >= 4 is 10.0 Å². The molecule has 1 aromatic carbocycles. The standard InChI is InChI=1S/C15H22N2O4S/c1-3-6-17(12-4-5-16-9-12)22(18,19)15-8-14-13(7-11(15)2)20-10-21-14/h7-8,12,16H,3-6,9-10H2,1-2H3. The molecule has 0 radical (unpaired) electrons. The third-order valence-electron chi connectivity index (χ3n) is 4.14. The van der Waals surface area contributed by atoms with Gasteiger partial charge in [-0.3, -0.25) is 0 Å². The van der Waals surface area contributed by atoms with Crippen molar-refractivity contribution in [2.45, 2.75) is 37.6 Å². The lowest BCUT2D eigenvalue weighted by atomic mass is 10.2. The Hall–Kier alpha value is -1.31. The van der Waals surface area contributed by atoms with E-state index in [0.29, 0.717) is 35.0 Å².